The van der Waals surface area contributed by atoms with Crippen LogP contribution in [0.3, 0.4) is 0 Å². The molecule has 0 unspecified atom stereocenters. The fourth-order valence-corrected chi connectivity index (χ4v) is 5.67. The van der Waals surface area contributed by atoms with Crippen molar-refractivity contribution in [1.29, 1.82) is 0 Å². The maximum atomic E-state index is 12.7. The lowest BCUT2D eigenvalue weighted by Crippen LogP contribution is -2.27. The Kier molecular flexibility index (Phi) is 7.80. The van der Waals surface area contributed by atoms with Gasteiger partial charge in [-0.1, -0.05) is 45.0 Å². The maximum Gasteiger partial charge on any atom is 0.312 e. The summed E-state index contributed by atoms with van der Waals surface area (Å²) in [6.45, 7) is 7.30. The van der Waals surface area contributed by atoms with E-state index in [1.807, 2.05) is 12.1 Å². The van der Waals surface area contributed by atoms with Gasteiger partial charge < -0.3 is 4.74 Å². The molecule has 4 rings (SSSR count). The molecule has 1 fully saturated rings. The zero-order valence-electron chi connectivity index (χ0n) is 21.6. The lowest BCUT2D eigenvalue weighted by Gasteiger charge is -2.19. The molecule has 9 heteroatoms. The monoisotopic (exact) mass is 534 g/mol. The molecule has 0 aliphatic carbocycles. The van der Waals surface area contributed by atoms with Crippen molar-refractivity contribution in [3.8, 4) is 11.5 Å². The molecule has 1 saturated heterocycles. The van der Waals surface area contributed by atoms with E-state index in [-0.39, 0.29) is 27.5 Å². The number of nitrogens with zero attached hydrogens (tertiary/aromatic N) is 2. The van der Waals surface area contributed by atoms with Gasteiger partial charge in [0.15, 0.2) is 5.78 Å². The summed E-state index contributed by atoms with van der Waals surface area (Å²) < 4.78 is 32.6. The number of ether oxygens (including phenoxy) is 1. The van der Waals surface area contributed by atoms with Gasteiger partial charge in [-0.25, -0.2) is 8.42 Å². The summed E-state index contributed by atoms with van der Waals surface area (Å²) in [5, 5.41) is 11.7. The van der Waals surface area contributed by atoms with Crippen molar-refractivity contribution in [3.05, 3.63) is 99.6 Å². The topological polar surface area (TPSA) is 107 Å². The van der Waals surface area contributed by atoms with Gasteiger partial charge >= 0.3 is 5.69 Å². The molecule has 0 radical (unpaired) electrons. The van der Waals surface area contributed by atoms with Crippen molar-refractivity contribution in [2.45, 2.75) is 43.9 Å². The van der Waals surface area contributed by atoms with Crippen LogP contribution in [-0.4, -0.2) is 36.5 Å². The molecule has 1 aliphatic rings. The van der Waals surface area contributed by atoms with E-state index in [0.717, 1.165) is 18.4 Å². The van der Waals surface area contributed by atoms with Gasteiger partial charge in [0.05, 0.1) is 9.82 Å². The first kappa shape index (κ1) is 27.2. The molecule has 0 aromatic heterocycles. The Labute approximate surface area is 222 Å². The number of allylic oxidation sites excluding steroid dienone is 1. The number of nitro benzene ring substituents is 1. The summed E-state index contributed by atoms with van der Waals surface area (Å²) in [4.78, 5) is 24.0. The van der Waals surface area contributed by atoms with Crippen molar-refractivity contribution in [2.24, 2.45) is 0 Å². The van der Waals surface area contributed by atoms with Crippen molar-refractivity contribution in [1.82, 2.24) is 4.31 Å². The number of rotatable bonds is 8. The van der Waals surface area contributed by atoms with E-state index in [1.165, 1.54) is 52.9 Å². The second kappa shape index (κ2) is 10.9. The lowest BCUT2D eigenvalue weighted by molar-refractivity contribution is -0.385. The number of hydrogen-bond acceptors (Lipinski definition) is 6. The zero-order chi connectivity index (χ0) is 27.5. The number of carbonyl (C=O) groups excluding carboxylic acids is 1. The number of benzene rings is 3. The highest BCUT2D eigenvalue weighted by molar-refractivity contribution is 7.89. The fourth-order valence-electron chi connectivity index (χ4n) is 4.15. The number of carbonyl (C=O) groups is 1. The van der Waals surface area contributed by atoms with Gasteiger partial charge in [-0.05, 0) is 77.9 Å². The predicted molar refractivity (Wildman–Crippen MR) is 146 cm³/mol. The Morgan fingerprint density at radius 2 is 1.61 bits per heavy atom. The van der Waals surface area contributed by atoms with Crippen LogP contribution in [-0.2, 0) is 15.4 Å². The Bertz CT molecular complexity index is 1460. The molecule has 1 aliphatic heterocycles. The summed E-state index contributed by atoms with van der Waals surface area (Å²) in [5.74, 6) is 0.226. The van der Waals surface area contributed by atoms with E-state index in [9.17, 15) is 23.3 Å². The van der Waals surface area contributed by atoms with E-state index in [4.69, 9.17) is 4.74 Å². The minimum Gasteiger partial charge on any atom is -0.450 e. The van der Waals surface area contributed by atoms with Gasteiger partial charge in [-0.3, -0.25) is 14.9 Å². The molecule has 0 N–H and O–H groups in total. The van der Waals surface area contributed by atoms with Crippen LogP contribution in [0.5, 0.6) is 11.5 Å². The number of ketones is 1. The predicted octanol–water partition coefficient (Wildman–Crippen LogP) is 6.37. The zero-order valence-corrected chi connectivity index (χ0v) is 22.4. The van der Waals surface area contributed by atoms with Crippen LogP contribution in [0, 0.1) is 10.1 Å². The first-order valence-corrected chi connectivity index (χ1v) is 13.8. The molecule has 38 heavy (non-hydrogen) atoms. The molecule has 0 bridgehead atoms. The lowest BCUT2D eigenvalue weighted by atomic mass is 9.87. The first-order chi connectivity index (χ1) is 17.9. The molecular weight excluding hydrogens is 504 g/mol. The highest BCUT2D eigenvalue weighted by Crippen LogP contribution is 2.33. The number of sulfonamides is 1. The van der Waals surface area contributed by atoms with Crippen LogP contribution in [0.15, 0.2) is 77.7 Å². The summed E-state index contributed by atoms with van der Waals surface area (Å²) in [5.41, 5.74) is 1.63. The molecule has 0 spiro atoms. The van der Waals surface area contributed by atoms with Gasteiger partial charge in [0.1, 0.15) is 5.75 Å². The third kappa shape index (κ3) is 6.17. The van der Waals surface area contributed by atoms with Crippen molar-refractivity contribution >= 4 is 27.6 Å². The van der Waals surface area contributed by atoms with Gasteiger partial charge in [0.2, 0.25) is 15.8 Å². The third-order valence-electron chi connectivity index (χ3n) is 6.40. The second-order valence-corrected chi connectivity index (χ2v) is 12.1. The maximum absolute atomic E-state index is 12.7. The van der Waals surface area contributed by atoms with E-state index in [1.54, 1.807) is 18.2 Å². The van der Waals surface area contributed by atoms with Gasteiger partial charge in [-0.2, -0.15) is 4.31 Å². The second-order valence-electron chi connectivity index (χ2n) is 10.2. The summed E-state index contributed by atoms with van der Waals surface area (Å²) in [6, 6.07) is 17.7. The van der Waals surface area contributed by atoms with Gasteiger partial charge in [0.25, 0.3) is 0 Å². The van der Waals surface area contributed by atoms with Gasteiger partial charge in [0, 0.05) is 24.7 Å². The number of nitro groups is 1. The van der Waals surface area contributed by atoms with Crippen molar-refractivity contribution in [3.63, 3.8) is 0 Å². The van der Waals surface area contributed by atoms with Crippen molar-refractivity contribution in [2.75, 3.05) is 13.1 Å². The SMILES string of the molecule is CC(C)(C)c1ccc(Oc2ccc(/C=C/C(=O)c3ccc(S(=O)(=O)N4CCCC4)cc3)cc2[N+](=O)[O-])cc1. The summed E-state index contributed by atoms with van der Waals surface area (Å²) >= 11 is 0. The van der Waals surface area contributed by atoms with E-state index >= 15 is 0 Å². The number of hydrogen-bond donors (Lipinski definition) is 0. The molecule has 198 valence electrons. The van der Waals surface area contributed by atoms with Crippen LogP contribution in [0.2, 0.25) is 0 Å². The Morgan fingerprint density at radius 1 is 0.974 bits per heavy atom. The molecule has 1 heterocycles. The standard InChI is InChI=1S/C29H30N2O6S/c1-29(2,3)23-10-12-24(13-11-23)37-28-17-7-21(20-26(28)31(33)34)6-16-27(32)22-8-14-25(15-9-22)38(35,36)30-18-4-5-19-30/h6-17,20H,4-5,18-19H2,1-3H3/b16-6+. The minimum absolute atomic E-state index is 0.0245. The van der Waals surface area contributed by atoms with Crippen LogP contribution < -0.4 is 4.74 Å². The van der Waals surface area contributed by atoms with Crippen LogP contribution in [0.25, 0.3) is 6.08 Å². The smallest absolute Gasteiger partial charge is 0.312 e. The normalized spacial score (nSPS) is 14.6. The summed E-state index contributed by atoms with van der Waals surface area (Å²) in [7, 11) is -3.56. The molecule has 0 saturated carbocycles. The molecular formula is C29H30N2O6S. The van der Waals surface area contributed by atoms with E-state index < -0.39 is 14.9 Å². The minimum atomic E-state index is -3.56. The first-order valence-electron chi connectivity index (χ1n) is 12.3. The average molecular weight is 535 g/mol. The summed E-state index contributed by atoms with van der Waals surface area (Å²) in [6.07, 6.45) is 4.47. The molecule has 0 amide bonds. The Hall–Kier alpha value is -3.82. The van der Waals surface area contributed by atoms with Gasteiger partial charge in [-0.15, -0.1) is 0 Å². The van der Waals surface area contributed by atoms with Crippen LogP contribution in [0.1, 0.15) is 55.1 Å². The quantitative estimate of drug-likeness (QED) is 0.144. The highest BCUT2D eigenvalue weighted by Gasteiger charge is 2.27. The molecule has 3 aromatic rings. The Morgan fingerprint density at radius 3 is 2.18 bits per heavy atom. The fraction of sp³-hybridized carbons (Fsp3) is 0.276. The van der Waals surface area contributed by atoms with Crippen LogP contribution >= 0.6 is 0 Å². The van der Waals surface area contributed by atoms with E-state index in [0.29, 0.717) is 30.0 Å². The Balaban J connectivity index is 1.47. The third-order valence-corrected chi connectivity index (χ3v) is 8.31. The average Bonchev–Trinajstić information content (AvgIpc) is 3.44. The van der Waals surface area contributed by atoms with E-state index in [2.05, 4.69) is 20.8 Å². The largest absolute Gasteiger partial charge is 0.450 e. The molecule has 0 atom stereocenters. The van der Waals surface area contributed by atoms with Crippen molar-refractivity contribution < 1.29 is 22.9 Å². The molecule has 8 nitrogen and oxygen atoms in total. The molecule has 3 aromatic carbocycles. The van der Waals surface area contributed by atoms with Crippen LogP contribution in [0.4, 0.5) is 5.69 Å². The highest BCUT2D eigenvalue weighted by atomic mass is 32.2.